The number of halogens is 2. The molecule has 1 atom stereocenters. The molecule has 24 heavy (non-hydrogen) atoms. The van der Waals surface area contributed by atoms with E-state index in [1.807, 2.05) is 0 Å². The number of nitrogens with zero attached hydrogens (tertiary/aromatic N) is 2. The van der Waals surface area contributed by atoms with Gasteiger partial charge in [0.1, 0.15) is 11.8 Å². The van der Waals surface area contributed by atoms with Gasteiger partial charge in [-0.05, 0) is 31.5 Å². The van der Waals surface area contributed by atoms with Crippen molar-refractivity contribution < 1.29 is 14.0 Å². The number of amides is 2. The molecule has 0 bridgehead atoms. The van der Waals surface area contributed by atoms with Crippen LogP contribution in [0.1, 0.15) is 22.7 Å². The van der Waals surface area contributed by atoms with Crippen LogP contribution >= 0.6 is 23.2 Å². The van der Waals surface area contributed by atoms with E-state index in [0.29, 0.717) is 34.3 Å². The van der Waals surface area contributed by atoms with Gasteiger partial charge in [0.15, 0.2) is 5.69 Å². The van der Waals surface area contributed by atoms with E-state index in [9.17, 15) is 9.59 Å². The van der Waals surface area contributed by atoms with Crippen LogP contribution in [0, 0.1) is 6.92 Å². The molecule has 126 valence electrons. The molecule has 0 aliphatic carbocycles. The summed E-state index contributed by atoms with van der Waals surface area (Å²) >= 11 is 11.9. The zero-order valence-corrected chi connectivity index (χ0v) is 14.6. The molecule has 1 fully saturated rings. The van der Waals surface area contributed by atoms with Gasteiger partial charge in [0, 0.05) is 19.2 Å². The average molecular weight is 368 g/mol. The highest BCUT2D eigenvalue weighted by molar-refractivity contribution is 6.42. The first kappa shape index (κ1) is 16.8. The Morgan fingerprint density at radius 1 is 1.38 bits per heavy atom. The lowest BCUT2D eigenvalue weighted by Crippen LogP contribution is -2.40. The Labute approximate surface area is 148 Å². The molecule has 1 N–H and O–H groups in total. The second-order valence-electron chi connectivity index (χ2n) is 5.63. The number of benzene rings is 1. The van der Waals surface area contributed by atoms with Crippen molar-refractivity contribution >= 4 is 35.0 Å². The number of aromatic nitrogens is 1. The minimum Gasteiger partial charge on any atom is -0.441 e. The van der Waals surface area contributed by atoms with Gasteiger partial charge in [-0.1, -0.05) is 23.2 Å². The molecule has 1 saturated heterocycles. The van der Waals surface area contributed by atoms with E-state index in [0.717, 1.165) is 0 Å². The molecule has 1 aromatic heterocycles. The molecule has 2 aromatic rings. The predicted octanol–water partition coefficient (Wildman–Crippen LogP) is 2.92. The Morgan fingerprint density at radius 2 is 2.12 bits per heavy atom. The van der Waals surface area contributed by atoms with Gasteiger partial charge in [0.2, 0.25) is 11.8 Å². The summed E-state index contributed by atoms with van der Waals surface area (Å²) in [6, 6.07) is 4.43. The second kappa shape index (κ2) is 6.45. The molecule has 8 heteroatoms. The lowest BCUT2D eigenvalue weighted by Gasteiger charge is -2.11. The Kier molecular flexibility index (Phi) is 4.51. The molecule has 0 saturated carbocycles. The SMILES string of the molecule is Cc1oc(-c2ccc(Cl)c(Cl)c2)nc1C(=O)NC1CCN(C)C1=O. The number of likely N-dealkylation sites (N-methyl/N-ethyl adjacent to an activating group) is 1. The van der Waals surface area contributed by atoms with Crippen LogP contribution in [0.5, 0.6) is 0 Å². The van der Waals surface area contributed by atoms with E-state index in [1.54, 1.807) is 37.1 Å². The van der Waals surface area contributed by atoms with E-state index >= 15 is 0 Å². The van der Waals surface area contributed by atoms with Crippen molar-refractivity contribution in [1.82, 2.24) is 15.2 Å². The number of nitrogens with one attached hydrogen (secondary N) is 1. The zero-order chi connectivity index (χ0) is 17.4. The predicted molar refractivity (Wildman–Crippen MR) is 90.2 cm³/mol. The molecule has 1 aliphatic heterocycles. The summed E-state index contributed by atoms with van der Waals surface area (Å²) < 4.78 is 5.56. The van der Waals surface area contributed by atoms with E-state index in [4.69, 9.17) is 27.6 Å². The molecule has 0 radical (unpaired) electrons. The fraction of sp³-hybridized carbons (Fsp3) is 0.312. The minimum atomic E-state index is -0.521. The number of hydrogen-bond donors (Lipinski definition) is 1. The molecule has 6 nitrogen and oxygen atoms in total. The van der Waals surface area contributed by atoms with E-state index in [1.165, 1.54) is 0 Å². The Bertz CT molecular complexity index is 819. The van der Waals surface area contributed by atoms with Crippen molar-refractivity contribution in [3.8, 4) is 11.5 Å². The van der Waals surface area contributed by atoms with Crippen LogP contribution in [-0.2, 0) is 4.79 Å². The van der Waals surface area contributed by atoms with Crippen LogP contribution in [0.25, 0.3) is 11.5 Å². The van der Waals surface area contributed by atoms with Gasteiger partial charge in [-0.25, -0.2) is 4.98 Å². The van der Waals surface area contributed by atoms with Crippen LogP contribution in [-0.4, -0.2) is 41.3 Å². The van der Waals surface area contributed by atoms with Gasteiger partial charge >= 0.3 is 0 Å². The molecule has 2 amide bonds. The zero-order valence-electron chi connectivity index (χ0n) is 13.1. The molecule has 3 rings (SSSR count). The smallest absolute Gasteiger partial charge is 0.274 e. The Hall–Kier alpha value is -2.05. The highest BCUT2D eigenvalue weighted by Crippen LogP contribution is 2.29. The largest absolute Gasteiger partial charge is 0.441 e. The van der Waals surface area contributed by atoms with Crippen LogP contribution in [0.15, 0.2) is 22.6 Å². The van der Waals surface area contributed by atoms with Crippen LogP contribution in [0.3, 0.4) is 0 Å². The van der Waals surface area contributed by atoms with Gasteiger partial charge in [0.05, 0.1) is 10.0 Å². The number of rotatable bonds is 3. The summed E-state index contributed by atoms with van der Waals surface area (Å²) in [7, 11) is 1.71. The third kappa shape index (κ3) is 3.12. The van der Waals surface area contributed by atoms with Gasteiger partial charge < -0.3 is 14.6 Å². The summed E-state index contributed by atoms with van der Waals surface area (Å²) in [4.78, 5) is 30.1. The monoisotopic (exact) mass is 367 g/mol. The van der Waals surface area contributed by atoms with Crippen LogP contribution in [0.2, 0.25) is 10.0 Å². The lowest BCUT2D eigenvalue weighted by molar-refractivity contribution is -0.128. The maximum atomic E-state index is 12.4. The number of oxazole rings is 1. The van der Waals surface area contributed by atoms with Crippen LogP contribution in [0.4, 0.5) is 0 Å². The van der Waals surface area contributed by atoms with E-state index < -0.39 is 11.9 Å². The van der Waals surface area contributed by atoms with Crippen molar-refractivity contribution in [2.45, 2.75) is 19.4 Å². The Morgan fingerprint density at radius 3 is 2.75 bits per heavy atom. The standard InChI is InChI=1S/C16H15Cl2N3O3/c1-8-13(14(22)19-12-5-6-21(2)16(12)23)20-15(24-8)9-3-4-10(17)11(18)7-9/h3-4,7,12H,5-6H2,1-2H3,(H,19,22). The lowest BCUT2D eigenvalue weighted by atomic mass is 10.2. The van der Waals surface area contributed by atoms with Crippen molar-refractivity contribution in [1.29, 1.82) is 0 Å². The third-order valence-corrected chi connectivity index (χ3v) is 4.65. The number of carbonyl (C=O) groups is 2. The first-order valence-corrected chi connectivity index (χ1v) is 8.11. The first-order valence-electron chi connectivity index (χ1n) is 7.35. The fourth-order valence-corrected chi connectivity index (χ4v) is 2.84. The quantitative estimate of drug-likeness (QED) is 0.904. The summed E-state index contributed by atoms with van der Waals surface area (Å²) in [5.41, 5.74) is 0.765. The van der Waals surface area contributed by atoms with Gasteiger partial charge in [-0.15, -0.1) is 0 Å². The third-order valence-electron chi connectivity index (χ3n) is 3.91. The molecular formula is C16H15Cl2N3O3. The minimum absolute atomic E-state index is 0.103. The second-order valence-corrected chi connectivity index (χ2v) is 6.44. The number of hydrogen-bond acceptors (Lipinski definition) is 4. The van der Waals surface area contributed by atoms with E-state index in [2.05, 4.69) is 10.3 Å². The number of aryl methyl sites for hydroxylation is 1. The molecule has 1 unspecified atom stereocenters. The number of likely N-dealkylation sites (tertiary alicyclic amines) is 1. The summed E-state index contributed by atoms with van der Waals surface area (Å²) in [6.45, 7) is 2.27. The van der Waals surface area contributed by atoms with Crippen molar-refractivity contribution in [2.75, 3.05) is 13.6 Å². The topological polar surface area (TPSA) is 75.4 Å². The maximum absolute atomic E-state index is 12.4. The highest BCUT2D eigenvalue weighted by atomic mass is 35.5. The van der Waals surface area contributed by atoms with E-state index in [-0.39, 0.29) is 17.5 Å². The first-order chi connectivity index (χ1) is 11.4. The van der Waals surface area contributed by atoms with Crippen molar-refractivity contribution in [3.63, 3.8) is 0 Å². The normalized spacial score (nSPS) is 17.4. The van der Waals surface area contributed by atoms with Crippen molar-refractivity contribution in [2.24, 2.45) is 0 Å². The maximum Gasteiger partial charge on any atom is 0.274 e. The summed E-state index contributed by atoms with van der Waals surface area (Å²) in [5.74, 6) is 0.101. The summed E-state index contributed by atoms with van der Waals surface area (Å²) in [5, 5.41) is 3.49. The van der Waals surface area contributed by atoms with Gasteiger partial charge in [-0.2, -0.15) is 0 Å². The molecule has 0 spiro atoms. The Balaban J connectivity index is 1.82. The number of carbonyl (C=O) groups excluding carboxylic acids is 2. The highest BCUT2D eigenvalue weighted by Gasteiger charge is 2.31. The van der Waals surface area contributed by atoms with Crippen molar-refractivity contribution in [3.05, 3.63) is 39.7 Å². The molecule has 1 aromatic carbocycles. The molecule has 2 heterocycles. The van der Waals surface area contributed by atoms with Gasteiger partial charge in [0.25, 0.3) is 5.91 Å². The van der Waals surface area contributed by atoms with Gasteiger partial charge in [-0.3, -0.25) is 9.59 Å². The summed E-state index contributed by atoms with van der Waals surface area (Å²) in [6.07, 6.45) is 0.581. The fourth-order valence-electron chi connectivity index (χ4n) is 2.54. The van der Waals surface area contributed by atoms with Crippen LogP contribution < -0.4 is 5.32 Å². The average Bonchev–Trinajstić information content (AvgIpc) is 3.07. The molecule has 1 aliphatic rings. The molecular weight excluding hydrogens is 353 g/mol.